The summed E-state index contributed by atoms with van der Waals surface area (Å²) in [5.41, 5.74) is 3.60. The number of benzene rings is 1. The molecule has 0 aliphatic rings. The third-order valence-electron chi connectivity index (χ3n) is 3.64. The maximum atomic E-state index is 12.9. The van der Waals surface area contributed by atoms with Gasteiger partial charge in [-0.1, -0.05) is 12.1 Å². The highest BCUT2D eigenvalue weighted by atomic mass is 32.2. The Bertz CT molecular complexity index is 963. The standard InChI is InChI=1S/C16H16FN3O2S/c1-11-12(2)20-9-15(7-8-16(20)18-11)19-23(21,22)10-13-3-5-14(17)6-4-13/h3-9,19H,10H2,1-2H3. The largest absolute Gasteiger partial charge is 0.302 e. The van der Waals surface area contributed by atoms with Crippen LogP contribution in [-0.2, 0) is 15.8 Å². The van der Waals surface area contributed by atoms with Gasteiger partial charge < -0.3 is 4.40 Å². The number of halogens is 1. The molecule has 2 aromatic heterocycles. The molecular weight excluding hydrogens is 317 g/mol. The van der Waals surface area contributed by atoms with E-state index < -0.39 is 15.8 Å². The Kier molecular flexibility index (Phi) is 3.81. The minimum absolute atomic E-state index is 0.215. The molecule has 7 heteroatoms. The van der Waals surface area contributed by atoms with Crippen LogP contribution in [0.3, 0.4) is 0 Å². The van der Waals surface area contributed by atoms with E-state index in [0.717, 1.165) is 17.0 Å². The van der Waals surface area contributed by atoms with Crippen LogP contribution in [-0.4, -0.2) is 17.8 Å². The zero-order valence-electron chi connectivity index (χ0n) is 12.7. The Labute approximate surface area is 133 Å². The smallest absolute Gasteiger partial charge is 0.236 e. The zero-order valence-corrected chi connectivity index (χ0v) is 13.6. The van der Waals surface area contributed by atoms with Crippen LogP contribution >= 0.6 is 0 Å². The fourth-order valence-corrected chi connectivity index (χ4v) is 3.54. The first kappa shape index (κ1) is 15.5. The van der Waals surface area contributed by atoms with Crippen molar-refractivity contribution >= 4 is 21.4 Å². The number of imidazole rings is 1. The zero-order chi connectivity index (χ0) is 16.6. The average Bonchev–Trinajstić information content (AvgIpc) is 2.76. The Balaban J connectivity index is 1.85. The third-order valence-corrected chi connectivity index (χ3v) is 4.90. The van der Waals surface area contributed by atoms with Crippen LogP contribution < -0.4 is 4.72 Å². The van der Waals surface area contributed by atoms with Gasteiger partial charge in [0.05, 0.1) is 17.1 Å². The van der Waals surface area contributed by atoms with Gasteiger partial charge in [-0.2, -0.15) is 0 Å². The second-order valence-corrected chi connectivity index (χ2v) is 7.14. The number of sulfonamides is 1. The lowest BCUT2D eigenvalue weighted by molar-refractivity contribution is 0.600. The minimum atomic E-state index is -3.58. The quantitative estimate of drug-likeness (QED) is 0.798. The lowest BCUT2D eigenvalue weighted by atomic mass is 10.2. The molecule has 0 spiro atoms. The normalized spacial score (nSPS) is 11.8. The van der Waals surface area contributed by atoms with Gasteiger partial charge in [-0.25, -0.2) is 17.8 Å². The van der Waals surface area contributed by atoms with Crippen molar-refractivity contribution in [1.82, 2.24) is 9.38 Å². The topological polar surface area (TPSA) is 63.5 Å². The monoisotopic (exact) mass is 333 g/mol. The van der Waals surface area contributed by atoms with Gasteiger partial charge in [-0.05, 0) is 43.7 Å². The van der Waals surface area contributed by atoms with Gasteiger partial charge in [0.1, 0.15) is 11.5 Å². The summed E-state index contributed by atoms with van der Waals surface area (Å²) in [5.74, 6) is -0.608. The number of anilines is 1. The molecule has 0 atom stereocenters. The van der Waals surface area contributed by atoms with Crippen molar-refractivity contribution < 1.29 is 12.8 Å². The van der Waals surface area contributed by atoms with Gasteiger partial charge >= 0.3 is 0 Å². The van der Waals surface area contributed by atoms with Gasteiger partial charge in [-0.3, -0.25) is 4.72 Å². The number of aryl methyl sites for hydroxylation is 2. The molecule has 0 aliphatic heterocycles. The summed E-state index contributed by atoms with van der Waals surface area (Å²) >= 11 is 0. The number of fused-ring (bicyclic) bond motifs is 1. The van der Waals surface area contributed by atoms with E-state index in [1.807, 2.05) is 18.2 Å². The highest BCUT2D eigenvalue weighted by Gasteiger charge is 2.13. The lowest BCUT2D eigenvalue weighted by Gasteiger charge is -2.09. The molecule has 0 bridgehead atoms. The maximum Gasteiger partial charge on any atom is 0.236 e. The van der Waals surface area contributed by atoms with Crippen LogP contribution in [0.2, 0.25) is 0 Å². The molecule has 0 aliphatic carbocycles. The molecule has 5 nitrogen and oxygen atoms in total. The predicted octanol–water partition coefficient (Wildman–Crippen LogP) is 3.03. The second kappa shape index (κ2) is 5.66. The van der Waals surface area contributed by atoms with Crippen molar-refractivity contribution in [2.75, 3.05) is 4.72 Å². The van der Waals surface area contributed by atoms with E-state index in [-0.39, 0.29) is 5.75 Å². The molecule has 3 aromatic rings. The van der Waals surface area contributed by atoms with E-state index in [1.165, 1.54) is 24.3 Å². The Morgan fingerprint density at radius 2 is 1.83 bits per heavy atom. The van der Waals surface area contributed by atoms with Crippen molar-refractivity contribution in [2.24, 2.45) is 0 Å². The summed E-state index contributed by atoms with van der Waals surface area (Å²) in [6, 6.07) is 8.84. The van der Waals surface area contributed by atoms with E-state index >= 15 is 0 Å². The SMILES string of the molecule is Cc1nc2ccc(NS(=O)(=O)Cc3ccc(F)cc3)cn2c1C. The third kappa shape index (κ3) is 3.34. The first-order valence-corrected chi connectivity index (χ1v) is 8.69. The summed E-state index contributed by atoms with van der Waals surface area (Å²) in [7, 11) is -3.58. The highest BCUT2D eigenvalue weighted by Crippen LogP contribution is 2.17. The number of hydrogen-bond acceptors (Lipinski definition) is 3. The molecule has 0 amide bonds. The molecule has 120 valence electrons. The summed E-state index contributed by atoms with van der Waals surface area (Å²) in [4.78, 5) is 4.38. The van der Waals surface area contributed by atoms with Gasteiger partial charge in [0.15, 0.2) is 0 Å². The van der Waals surface area contributed by atoms with E-state index in [1.54, 1.807) is 18.3 Å². The summed E-state index contributed by atoms with van der Waals surface area (Å²) in [6.07, 6.45) is 1.70. The molecule has 1 N–H and O–H groups in total. The predicted molar refractivity (Wildman–Crippen MR) is 87.3 cm³/mol. The van der Waals surface area contributed by atoms with Gasteiger partial charge in [0.25, 0.3) is 0 Å². The van der Waals surface area contributed by atoms with E-state index in [4.69, 9.17) is 0 Å². The van der Waals surface area contributed by atoms with Crippen molar-refractivity contribution in [3.05, 3.63) is 65.4 Å². The van der Waals surface area contributed by atoms with Crippen molar-refractivity contribution in [3.63, 3.8) is 0 Å². The lowest BCUT2D eigenvalue weighted by Crippen LogP contribution is -2.15. The van der Waals surface area contributed by atoms with Crippen molar-refractivity contribution in [3.8, 4) is 0 Å². The molecule has 1 aromatic carbocycles. The molecule has 23 heavy (non-hydrogen) atoms. The molecular formula is C16H16FN3O2S. The van der Waals surface area contributed by atoms with Crippen molar-refractivity contribution in [1.29, 1.82) is 0 Å². The van der Waals surface area contributed by atoms with Gasteiger partial charge in [0.2, 0.25) is 10.0 Å². The molecule has 0 saturated heterocycles. The van der Waals surface area contributed by atoms with Crippen molar-refractivity contribution in [2.45, 2.75) is 19.6 Å². The van der Waals surface area contributed by atoms with Gasteiger partial charge in [0, 0.05) is 11.9 Å². The summed E-state index contributed by atoms with van der Waals surface area (Å²) in [6.45, 7) is 3.83. The second-order valence-electron chi connectivity index (χ2n) is 5.42. The van der Waals surface area contributed by atoms with E-state index in [0.29, 0.717) is 11.3 Å². The maximum absolute atomic E-state index is 12.9. The fraction of sp³-hybridized carbons (Fsp3) is 0.188. The number of pyridine rings is 1. The average molecular weight is 333 g/mol. The van der Waals surface area contributed by atoms with Gasteiger partial charge in [-0.15, -0.1) is 0 Å². The molecule has 3 rings (SSSR count). The van der Waals surface area contributed by atoms with E-state index in [2.05, 4.69) is 9.71 Å². The Morgan fingerprint density at radius 1 is 1.13 bits per heavy atom. The Morgan fingerprint density at radius 3 is 2.52 bits per heavy atom. The Hall–Kier alpha value is -2.41. The molecule has 0 fully saturated rings. The van der Waals surface area contributed by atoms with Crippen LogP contribution in [0.4, 0.5) is 10.1 Å². The number of nitrogens with zero attached hydrogens (tertiary/aromatic N) is 2. The first-order valence-electron chi connectivity index (χ1n) is 7.04. The van der Waals surface area contributed by atoms with Crippen LogP contribution in [0, 0.1) is 19.7 Å². The summed E-state index contributed by atoms with van der Waals surface area (Å²) in [5, 5.41) is 0. The first-order chi connectivity index (χ1) is 10.8. The number of nitrogens with one attached hydrogen (secondary N) is 1. The molecule has 0 saturated carbocycles. The fourth-order valence-electron chi connectivity index (χ4n) is 2.36. The molecule has 0 radical (unpaired) electrons. The number of hydrogen-bond donors (Lipinski definition) is 1. The number of aromatic nitrogens is 2. The summed E-state index contributed by atoms with van der Waals surface area (Å²) < 4.78 is 41.8. The van der Waals surface area contributed by atoms with Crippen LogP contribution in [0.25, 0.3) is 5.65 Å². The van der Waals surface area contributed by atoms with Crippen LogP contribution in [0.5, 0.6) is 0 Å². The van der Waals surface area contributed by atoms with Crippen LogP contribution in [0.15, 0.2) is 42.6 Å². The molecule has 0 unspecified atom stereocenters. The number of rotatable bonds is 4. The van der Waals surface area contributed by atoms with E-state index in [9.17, 15) is 12.8 Å². The highest BCUT2D eigenvalue weighted by molar-refractivity contribution is 7.91. The molecule has 2 heterocycles. The minimum Gasteiger partial charge on any atom is -0.302 e. The van der Waals surface area contributed by atoms with Crippen LogP contribution in [0.1, 0.15) is 17.0 Å².